The van der Waals surface area contributed by atoms with Gasteiger partial charge < -0.3 is 5.73 Å². The fourth-order valence-electron chi connectivity index (χ4n) is 6.77. The van der Waals surface area contributed by atoms with Crippen LogP contribution in [0.1, 0.15) is 233 Å². The van der Waals surface area contributed by atoms with E-state index in [0.29, 0.717) is 0 Å². The first kappa shape index (κ1) is 39.0. The fraction of sp³-hybridized carbons (Fsp3) is 1.00. The molecule has 0 bridgehead atoms. The molecule has 0 aliphatic carbocycles. The number of hydrogen-bond donors (Lipinski definition) is 1. The zero-order valence-electron chi connectivity index (χ0n) is 28.3. The van der Waals surface area contributed by atoms with Crippen LogP contribution in [-0.2, 0) is 0 Å². The Morgan fingerprint density at radius 1 is 0.333 bits per heavy atom. The molecule has 1 heteroatoms. The lowest BCUT2D eigenvalue weighted by atomic mass is 9.72. The summed E-state index contributed by atoms with van der Waals surface area (Å²) in [7, 11) is 0. The first-order chi connectivity index (χ1) is 19.1. The minimum absolute atomic E-state index is 0.0954. The van der Waals surface area contributed by atoms with Gasteiger partial charge in [-0.15, -0.1) is 0 Å². The van der Waals surface area contributed by atoms with Crippen LogP contribution in [0.4, 0.5) is 0 Å². The van der Waals surface area contributed by atoms with Gasteiger partial charge in [0.25, 0.3) is 0 Å². The van der Waals surface area contributed by atoms with Gasteiger partial charge in [0.1, 0.15) is 0 Å². The van der Waals surface area contributed by atoms with E-state index in [1.165, 1.54) is 205 Å². The Morgan fingerprint density at radius 2 is 0.564 bits per heavy atom. The summed E-state index contributed by atoms with van der Waals surface area (Å²) in [5.41, 5.74) is 7.60. The molecule has 0 aliphatic heterocycles. The molecule has 0 amide bonds. The molecule has 2 N–H and O–H groups in total. The summed E-state index contributed by atoms with van der Waals surface area (Å²) in [4.78, 5) is 0. The highest BCUT2D eigenvalue weighted by Crippen LogP contribution is 2.35. The van der Waals surface area contributed by atoms with Crippen LogP contribution in [0.2, 0.25) is 0 Å². The highest BCUT2D eigenvalue weighted by molar-refractivity contribution is 4.91. The topological polar surface area (TPSA) is 26.0 Å². The van der Waals surface area contributed by atoms with Crippen LogP contribution in [0.15, 0.2) is 0 Å². The molecule has 1 atom stereocenters. The third kappa shape index (κ3) is 25.4. The van der Waals surface area contributed by atoms with Crippen molar-refractivity contribution in [2.24, 2.45) is 11.7 Å². The molecule has 0 aromatic heterocycles. The Hall–Kier alpha value is -0.0400. The van der Waals surface area contributed by atoms with Crippen LogP contribution in [0.5, 0.6) is 0 Å². The molecule has 0 heterocycles. The Balaban J connectivity index is 4.84. The van der Waals surface area contributed by atoms with Crippen molar-refractivity contribution in [2.45, 2.75) is 239 Å². The highest BCUT2D eigenvalue weighted by atomic mass is 14.8. The highest BCUT2D eigenvalue weighted by Gasteiger charge is 2.33. The third-order valence-corrected chi connectivity index (χ3v) is 9.62. The molecular formula is C38H79N. The van der Waals surface area contributed by atoms with E-state index in [0.717, 1.165) is 5.92 Å². The van der Waals surface area contributed by atoms with Gasteiger partial charge in [-0.3, -0.25) is 0 Å². The summed E-state index contributed by atoms with van der Waals surface area (Å²) in [6.45, 7) is 9.30. The minimum atomic E-state index is 0.0954. The van der Waals surface area contributed by atoms with Crippen molar-refractivity contribution in [2.75, 3.05) is 0 Å². The van der Waals surface area contributed by atoms with E-state index in [-0.39, 0.29) is 5.54 Å². The van der Waals surface area contributed by atoms with E-state index in [4.69, 9.17) is 5.73 Å². The molecule has 0 aliphatic rings. The maximum atomic E-state index is 7.51. The Kier molecular flexibility index (Phi) is 30.9. The average Bonchev–Trinajstić information content (AvgIpc) is 2.94. The monoisotopic (exact) mass is 550 g/mol. The zero-order valence-corrected chi connectivity index (χ0v) is 28.3. The van der Waals surface area contributed by atoms with Crippen LogP contribution >= 0.6 is 0 Å². The lowest BCUT2D eigenvalue weighted by molar-refractivity contribution is 0.189. The van der Waals surface area contributed by atoms with Gasteiger partial charge in [-0.05, 0) is 31.6 Å². The standard InChI is InChI=1S/C38H79N/c1-5-9-13-17-21-22-23-24-26-30-34-37(33-29-25-18-14-10-6-2)38(39,35-31-27-19-15-11-7-3)36-32-28-20-16-12-8-4/h37H,5-36,39H2,1-4H3. The molecule has 0 saturated heterocycles. The van der Waals surface area contributed by atoms with Crippen LogP contribution in [0, 0.1) is 5.92 Å². The van der Waals surface area contributed by atoms with Crippen LogP contribution in [0.25, 0.3) is 0 Å². The normalized spacial score (nSPS) is 12.8. The first-order valence-corrected chi connectivity index (χ1v) is 18.9. The van der Waals surface area contributed by atoms with Gasteiger partial charge in [0.15, 0.2) is 0 Å². The van der Waals surface area contributed by atoms with Gasteiger partial charge in [-0.25, -0.2) is 0 Å². The van der Waals surface area contributed by atoms with E-state index in [9.17, 15) is 0 Å². The van der Waals surface area contributed by atoms with E-state index in [2.05, 4.69) is 27.7 Å². The van der Waals surface area contributed by atoms with Crippen molar-refractivity contribution in [1.29, 1.82) is 0 Å². The summed E-state index contributed by atoms with van der Waals surface area (Å²) in [5, 5.41) is 0. The molecule has 39 heavy (non-hydrogen) atoms. The molecule has 1 nitrogen and oxygen atoms in total. The number of nitrogens with two attached hydrogens (primary N) is 1. The summed E-state index contributed by atoms with van der Waals surface area (Å²) in [5.74, 6) is 0.754. The largest absolute Gasteiger partial charge is 0.325 e. The van der Waals surface area contributed by atoms with Crippen LogP contribution in [0.3, 0.4) is 0 Å². The fourth-order valence-corrected chi connectivity index (χ4v) is 6.77. The maximum absolute atomic E-state index is 7.51. The molecule has 236 valence electrons. The summed E-state index contributed by atoms with van der Waals surface area (Å²) >= 11 is 0. The van der Waals surface area contributed by atoms with E-state index in [1.807, 2.05) is 0 Å². The Labute approximate surface area is 250 Å². The predicted octanol–water partition coefficient (Wildman–Crippen LogP) is 13.9. The van der Waals surface area contributed by atoms with Crippen molar-refractivity contribution < 1.29 is 0 Å². The minimum Gasteiger partial charge on any atom is -0.325 e. The van der Waals surface area contributed by atoms with Gasteiger partial charge in [-0.2, -0.15) is 0 Å². The lowest BCUT2D eigenvalue weighted by Crippen LogP contribution is -2.47. The van der Waals surface area contributed by atoms with Gasteiger partial charge in [-0.1, -0.05) is 207 Å². The van der Waals surface area contributed by atoms with E-state index < -0.39 is 0 Å². The lowest BCUT2D eigenvalue weighted by Gasteiger charge is -2.39. The molecule has 0 rings (SSSR count). The predicted molar refractivity (Wildman–Crippen MR) is 181 cm³/mol. The van der Waals surface area contributed by atoms with Gasteiger partial charge in [0.05, 0.1) is 0 Å². The van der Waals surface area contributed by atoms with Gasteiger partial charge in [0.2, 0.25) is 0 Å². The molecule has 0 saturated carbocycles. The molecule has 0 aromatic carbocycles. The van der Waals surface area contributed by atoms with Crippen molar-refractivity contribution in [3.05, 3.63) is 0 Å². The SMILES string of the molecule is CCCCCCCCCCCCC(CCCCCCCC)C(N)(CCCCCCCC)CCCCCCCC. The van der Waals surface area contributed by atoms with Crippen LogP contribution in [-0.4, -0.2) is 5.54 Å². The van der Waals surface area contributed by atoms with Crippen molar-refractivity contribution in [3.8, 4) is 0 Å². The summed E-state index contributed by atoms with van der Waals surface area (Å²) < 4.78 is 0. The second-order valence-electron chi connectivity index (χ2n) is 13.5. The number of rotatable bonds is 33. The Bertz CT molecular complexity index is 428. The van der Waals surface area contributed by atoms with Crippen molar-refractivity contribution in [3.63, 3.8) is 0 Å². The molecule has 1 unspecified atom stereocenters. The quantitative estimate of drug-likeness (QED) is 0.0809. The van der Waals surface area contributed by atoms with Gasteiger partial charge in [0, 0.05) is 5.54 Å². The average molecular weight is 550 g/mol. The second-order valence-corrected chi connectivity index (χ2v) is 13.5. The molecule has 0 fully saturated rings. The molecule has 0 spiro atoms. The smallest absolute Gasteiger partial charge is 0.0182 e. The van der Waals surface area contributed by atoms with E-state index in [1.54, 1.807) is 0 Å². The second kappa shape index (κ2) is 30.9. The van der Waals surface area contributed by atoms with Crippen LogP contribution < -0.4 is 5.73 Å². The van der Waals surface area contributed by atoms with Crippen molar-refractivity contribution >= 4 is 0 Å². The molecule has 0 radical (unpaired) electrons. The zero-order chi connectivity index (χ0) is 28.7. The van der Waals surface area contributed by atoms with Gasteiger partial charge >= 0.3 is 0 Å². The number of unbranched alkanes of at least 4 members (excludes halogenated alkanes) is 24. The Morgan fingerprint density at radius 3 is 0.846 bits per heavy atom. The number of hydrogen-bond acceptors (Lipinski definition) is 1. The third-order valence-electron chi connectivity index (χ3n) is 9.62. The summed E-state index contributed by atoms with van der Waals surface area (Å²) in [6, 6.07) is 0. The molecule has 0 aromatic rings. The summed E-state index contributed by atoms with van der Waals surface area (Å²) in [6.07, 6.45) is 44.9. The van der Waals surface area contributed by atoms with E-state index >= 15 is 0 Å². The molecular weight excluding hydrogens is 470 g/mol. The maximum Gasteiger partial charge on any atom is 0.0182 e. The first-order valence-electron chi connectivity index (χ1n) is 18.9. The van der Waals surface area contributed by atoms with Crippen molar-refractivity contribution in [1.82, 2.24) is 0 Å².